The van der Waals surface area contributed by atoms with Crippen molar-refractivity contribution in [3.63, 3.8) is 0 Å². The van der Waals surface area contributed by atoms with Crippen molar-refractivity contribution in [2.24, 2.45) is 5.92 Å². The summed E-state index contributed by atoms with van der Waals surface area (Å²) in [6.45, 7) is 5.73. The lowest BCUT2D eigenvalue weighted by Crippen LogP contribution is -2.38. The molecule has 1 unspecified atom stereocenters. The highest BCUT2D eigenvalue weighted by molar-refractivity contribution is 7.88. The van der Waals surface area contributed by atoms with Crippen molar-refractivity contribution in [2.45, 2.75) is 31.9 Å². The highest BCUT2D eigenvalue weighted by Gasteiger charge is 2.17. The maximum atomic E-state index is 12.2. The summed E-state index contributed by atoms with van der Waals surface area (Å²) in [5, 5.41) is 0.800. The summed E-state index contributed by atoms with van der Waals surface area (Å²) in [5.41, 5.74) is 0.635. The highest BCUT2D eigenvalue weighted by atomic mass is 35.5. The van der Waals surface area contributed by atoms with Gasteiger partial charge in [-0.25, -0.2) is 13.1 Å². The molecule has 0 aromatic heterocycles. The molecular formula is C16H24Cl2N2O2S. The van der Waals surface area contributed by atoms with Crippen molar-refractivity contribution < 1.29 is 8.42 Å². The molecular weight excluding hydrogens is 355 g/mol. The van der Waals surface area contributed by atoms with E-state index in [0.29, 0.717) is 22.2 Å². The Morgan fingerprint density at radius 3 is 2.52 bits per heavy atom. The van der Waals surface area contributed by atoms with Crippen LogP contribution in [0.3, 0.4) is 0 Å². The molecule has 0 spiro atoms. The van der Waals surface area contributed by atoms with E-state index >= 15 is 0 Å². The molecule has 7 heteroatoms. The Bertz CT molecular complexity index is 617. The molecule has 0 aliphatic carbocycles. The van der Waals surface area contributed by atoms with Gasteiger partial charge in [-0.05, 0) is 49.5 Å². The van der Waals surface area contributed by atoms with Gasteiger partial charge in [0, 0.05) is 13.1 Å². The minimum absolute atomic E-state index is 0.0830. The standard InChI is InChI=1S/C16H24Cl2N2O2S/c1-13(11-20-7-3-2-4-8-20)10-19-23(21,22)12-14-5-6-15(17)16(18)9-14/h5-6,9,13,19H,2-4,7-8,10-12H2,1H3. The normalized spacial score (nSPS) is 18.0. The summed E-state index contributed by atoms with van der Waals surface area (Å²) in [6, 6.07) is 4.90. The average Bonchev–Trinajstić information content (AvgIpc) is 2.50. The van der Waals surface area contributed by atoms with Crippen LogP contribution in [0.25, 0.3) is 0 Å². The third-order valence-electron chi connectivity index (χ3n) is 4.01. The predicted molar refractivity (Wildman–Crippen MR) is 96.5 cm³/mol. The van der Waals surface area contributed by atoms with Crippen molar-refractivity contribution >= 4 is 33.2 Å². The van der Waals surface area contributed by atoms with Crippen LogP contribution in [0.15, 0.2) is 18.2 Å². The third-order valence-corrected chi connectivity index (χ3v) is 6.07. The Labute approximate surface area is 149 Å². The molecule has 1 aliphatic heterocycles. The zero-order valence-corrected chi connectivity index (χ0v) is 15.7. The SMILES string of the molecule is CC(CNS(=O)(=O)Cc1ccc(Cl)c(Cl)c1)CN1CCCCC1. The van der Waals surface area contributed by atoms with Crippen molar-refractivity contribution in [3.8, 4) is 0 Å². The van der Waals surface area contributed by atoms with E-state index in [-0.39, 0.29) is 11.7 Å². The molecule has 0 amide bonds. The molecule has 4 nitrogen and oxygen atoms in total. The number of hydrogen-bond donors (Lipinski definition) is 1. The summed E-state index contributed by atoms with van der Waals surface area (Å²) in [6.07, 6.45) is 3.80. The molecule has 130 valence electrons. The lowest BCUT2D eigenvalue weighted by molar-refractivity contribution is 0.201. The van der Waals surface area contributed by atoms with E-state index < -0.39 is 10.0 Å². The molecule has 2 rings (SSSR count). The maximum Gasteiger partial charge on any atom is 0.215 e. The zero-order valence-electron chi connectivity index (χ0n) is 13.4. The predicted octanol–water partition coefficient (Wildman–Crippen LogP) is 3.53. The van der Waals surface area contributed by atoms with Crippen LogP contribution in [0.5, 0.6) is 0 Å². The van der Waals surface area contributed by atoms with Gasteiger partial charge in [-0.15, -0.1) is 0 Å². The molecule has 1 aromatic carbocycles. The molecule has 1 heterocycles. The fraction of sp³-hybridized carbons (Fsp3) is 0.625. The van der Waals surface area contributed by atoms with Crippen LogP contribution in [-0.2, 0) is 15.8 Å². The van der Waals surface area contributed by atoms with Crippen molar-refractivity contribution in [1.29, 1.82) is 0 Å². The second-order valence-electron chi connectivity index (χ2n) is 6.32. The first-order valence-electron chi connectivity index (χ1n) is 7.99. The molecule has 1 atom stereocenters. The zero-order chi connectivity index (χ0) is 16.9. The van der Waals surface area contributed by atoms with E-state index in [0.717, 1.165) is 19.6 Å². The van der Waals surface area contributed by atoms with Gasteiger partial charge in [0.25, 0.3) is 0 Å². The van der Waals surface area contributed by atoms with Gasteiger partial charge in [0.1, 0.15) is 0 Å². The van der Waals surface area contributed by atoms with Crippen LogP contribution < -0.4 is 4.72 Å². The monoisotopic (exact) mass is 378 g/mol. The number of nitrogens with one attached hydrogen (secondary N) is 1. The second kappa shape index (κ2) is 8.67. The number of nitrogens with zero attached hydrogens (tertiary/aromatic N) is 1. The van der Waals surface area contributed by atoms with Crippen molar-refractivity contribution in [3.05, 3.63) is 33.8 Å². The van der Waals surface area contributed by atoms with Crippen LogP contribution in [0, 0.1) is 5.92 Å². The molecule has 1 aliphatic rings. The fourth-order valence-electron chi connectivity index (χ4n) is 2.82. The first-order chi connectivity index (χ1) is 10.9. The van der Waals surface area contributed by atoms with Gasteiger partial charge in [0.2, 0.25) is 10.0 Å². The molecule has 0 bridgehead atoms. The first kappa shape index (κ1) is 19.0. The number of likely N-dealkylation sites (tertiary alicyclic amines) is 1. The smallest absolute Gasteiger partial charge is 0.215 e. The van der Waals surface area contributed by atoms with Crippen LogP contribution >= 0.6 is 23.2 Å². The topological polar surface area (TPSA) is 49.4 Å². The molecule has 1 fully saturated rings. The van der Waals surface area contributed by atoms with E-state index in [2.05, 4.69) is 16.5 Å². The number of benzene rings is 1. The van der Waals surface area contributed by atoms with Crippen molar-refractivity contribution in [1.82, 2.24) is 9.62 Å². The van der Waals surface area contributed by atoms with Crippen LogP contribution in [0.1, 0.15) is 31.7 Å². The molecule has 1 saturated heterocycles. The van der Waals surface area contributed by atoms with Crippen LogP contribution in [-0.4, -0.2) is 39.5 Å². The maximum absolute atomic E-state index is 12.2. The minimum Gasteiger partial charge on any atom is -0.303 e. The Balaban J connectivity index is 1.81. The lowest BCUT2D eigenvalue weighted by Gasteiger charge is -2.29. The summed E-state index contributed by atoms with van der Waals surface area (Å²) in [5.74, 6) is 0.206. The second-order valence-corrected chi connectivity index (χ2v) is 8.94. The van der Waals surface area contributed by atoms with Crippen molar-refractivity contribution in [2.75, 3.05) is 26.2 Å². The summed E-state index contributed by atoms with van der Waals surface area (Å²) in [7, 11) is -3.37. The number of sulfonamides is 1. The van der Waals surface area contributed by atoms with Gasteiger partial charge in [-0.2, -0.15) is 0 Å². The largest absolute Gasteiger partial charge is 0.303 e. The average molecular weight is 379 g/mol. The molecule has 0 saturated carbocycles. The van der Waals surface area contributed by atoms with Gasteiger partial charge >= 0.3 is 0 Å². The van der Waals surface area contributed by atoms with E-state index in [4.69, 9.17) is 23.2 Å². The highest BCUT2D eigenvalue weighted by Crippen LogP contribution is 2.23. The summed E-state index contributed by atoms with van der Waals surface area (Å²) < 4.78 is 27.1. The Morgan fingerprint density at radius 2 is 1.87 bits per heavy atom. The summed E-state index contributed by atoms with van der Waals surface area (Å²) >= 11 is 11.8. The first-order valence-corrected chi connectivity index (χ1v) is 10.4. The lowest BCUT2D eigenvalue weighted by atomic mass is 10.1. The Hall–Kier alpha value is -0.330. The molecule has 1 N–H and O–H groups in total. The number of piperidine rings is 1. The number of rotatable bonds is 7. The van der Waals surface area contributed by atoms with Gasteiger partial charge < -0.3 is 4.90 Å². The van der Waals surface area contributed by atoms with Crippen LogP contribution in [0.2, 0.25) is 10.0 Å². The molecule has 0 radical (unpaired) electrons. The Morgan fingerprint density at radius 1 is 1.17 bits per heavy atom. The summed E-state index contributed by atoms with van der Waals surface area (Å²) in [4.78, 5) is 2.42. The van der Waals surface area contributed by atoms with Gasteiger partial charge in [0.05, 0.1) is 15.8 Å². The van der Waals surface area contributed by atoms with E-state index in [1.807, 2.05) is 0 Å². The van der Waals surface area contributed by atoms with E-state index in [9.17, 15) is 8.42 Å². The minimum atomic E-state index is -3.37. The van der Waals surface area contributed by atoms with Gasteiger partial charge in [-0.3, -0.25) is 0 Å². The molecule has 1 aromatic rings. The van der Waals surface area contributed by atoms with Gasteiger partial charge in [0.15, 0.2) is 0 Å². The van der Waals surface area contributed by atoms with Crippen LogP contribution in [0.4, 0.5) is 0 Å². The molecule has 23 heavy (non-hydrogen) atoms. The Kier molecular flexibility index (Phi) is 7.17. The fourth-order valence-corrected chi connectivity index (χ4v) is 4.40. The van der Waals surface area contributed by atoms with E-state index in [1.165, 1.54) is 19.3 Å². The quantitative estimate of drug-likeness (QED) is 0.789. The van der Waals surface area contributed by atoms with Gasteiger partial charge in [-0.1, -0.05) is 42.6 Å². The number of halogens is 2. The van der Waals surface area contributed by atoms with E-state index in [1.54, 1.807) is 18.2 Å². The third kappa shape index (κ3) is 6.59. The number of hydrogen-bond acceptors (Lipinski definition) is 3.